The van der Waals surface area contributed by atoms with E-state index >= 15 is 0 Å². The van der Waals surface area contributed by atoms with Gasteiger partial charge in [0.25, 0.3) is 0 Å². The van der Waals surface area contributed by atoms with Crippen molar-refractivity contribution in [2.24, 2.45) is 5.73 Å². The third-order valence-electron chi connectivity index (χ3n) is 2.68. The van der Waals surface area contributed by atoms with Gasteiger partial charge in [0.1, 0.15) is 17.3 Å². The Kier molecular flexibility index (Phi) is 5.18. The van der Waals surface area contributed by atoms with E-state index in [-0.39, 0.29) is 11.9 Å². The van der Waals surface area contributed by atoms with Gasteiger partial charge in [-0.3, -0.25) is 0 Å². The first-order valence-electron chi connectivity index (χ1n) is 6.12. The smallest absolute Gasteiger partial charge is 0.141 e. The maximum absolute atomic E-state index is 13.1. The lowest BCUT2D eigenvalue weighted by Crippen LogP contribution is -2.18. The molecule has 0 radical (unpaired) electrons. The first-order chi connectivity index (χ1) is 9.45. The van der Waals surface area contributed by atoms with Gasteiger partial charge in [-0.2, -0.15) is 0 Å². The standard InChI is InChI=1S/C15H14Br2FNO/c1-9(19)6-10-2-3-11(16)7-15(10)20-14-5-4-12(18)8-13(14)17/h2-5,7-9H,6,19H2,1H3. The predicted molar refractivity (Wildman–Crippen MR) is 85.7 cm³/mol. The number of rotatable bonds is 4. The number of benzene rings is 2. The molecular weight excluding hydrogens is 389 g/mol. The summed E-state index contributed by atoms with van der Waals surface area (Å²) in [6.07, 6.45) is 0.710. The molecule has 1 unspecified atom stereocenters. The van der Waals surface area contributed by atoms with Crippen molar-refractivity contribution in [2.75, 3.05) is 0 Å². The molecule has 0 aliphatic rings. The molecule has 0 saturated carbocycles. The molecule has 2 rings (SSSR count). The molecule has 2 aromatic carbocycles. The summed E-state index contributed by atoms with van der Waals surface area (Å²) < 4.78 is 20.5. The minimum Gasteiger partial charge on any atom is -0.456 e. The Morgan fingerprint density at radius 1 is 1.15 bits per heavy atom. The summed E-state index contributed by atoms with van der Waals surface area (Å²) in [5.74, 6) is 0.966. The van der Waals surface area contributed by atoms with E-state index in [0.717, 1.165) is 10.0 Å². The maximum atomic E-state index is 13.1. The Hall–Kier alpha value is -0.910. The molecule has 0 spiro atoms. The lowest BCUT2D eigenvalue weighted by atomic mass is 10.1. The summed E-state index contributed by atoms with van der Waals surface area (Å²) in [5.41, 5.74) is 6.86. The van der Waals surface area contributed by atoms with Crippen LogP contribution in [0.15, 0.2) is 45.3 Å². The molecule has 0 aliphatic carbocycles. The monoisotopic (exact) mass is 401 g/mol. The normalized spacial score (nSPS) is 12.2. The van der Waals surface area contributed by atoms with Crippen molar-refractivity contribution in [2.45, 2.75) is 19.4 Å². The van der Waals surface area contributed by atoms with Crippen LogP contribution in [0.1, 0.15) is 12.5 Å². The fourth-order valence-corrected chi connectivity index (χ4v) is 2.59. The van der Waals surface area contributed by atoms with Crippen LogP contribution >= 0.6 is 31.9 Å². The Morgan fingerprint density at radius 2 is 1.90 bits per heavy atom. The van der Waals surface area contributed by atoms with Crippen molar-refractivity contribution in [3.63, 3.8) is 0 Å². The summed E-state index contributed by atoms with van der Waals surface area (Å²) in [6.45, 7) is 1.94. The number of halogens is 3. The van der Waals surface area contributed by atoms with E-state index in [1.807, 2.05) is 25.1 Å². The van der Waals surface area contributed by atoms with Crippen LogP contribution in [0.2, 0.25) is 0 Å². The van der Waals surface area contributed by atoms with Crippen LogP contribution in [0.3, 0.4) is 0 Å². The van der Waals surface area contributed by atoms with Gasteiger partial charge in [0, 0.05) is 10.5 Å². The van der Waals surface area contributed by atoms with Crippen molar-refractivity contribution in [3.05, 3.63) is 56.7 Å². The molecule has 0 saturated heterocycles. The first kappa shape index (κ1) is 15.5. The predicted octanol–water partition coefficient (Wildman–Crippen LogP) is 5.03. The summed E-state index contributed by atoms with van der Waals surface area (Å²) in [5, 5.41) is 0. The van der Waals surface area contributed by atoms with Gasteiger partial charge in [-0.25, -0.2) is 4.39 Å². The summed E-state index contributed by atoms with van der Waals surface area (Å²) in [6, 6.07) is 10.2. The number of nitrogens with two attached hydrogens (primary N) is 1. The lowest BCUT2D eigenvalue weighted by molar-refractivity contribution is 0.468. The third kappa shape index (κ3) is 4.04. The van der Waals surface area contributed by atoms with E-state index in [1.54, 1.807) is 6.07 Å². The van der Waals surface area contributed by atoms with Crippen molar-refractivity contribution in [1.82, 2.24) is 0 Å². The van der Waals surface area contributed by atoms with Gasteiger partial charge in [-0.15, -0.1) is 0 Å². The molecule has 1 atom stereocenters. The van der Waals surface area contributed by atoms with E-state index in [2.05, 4.69) is 31.9 Å². The molecule has 0 amide bonds. The van der Waals surface area contributed by atoms with Gasteiger partial charge >= 0.3 is 0 Å². The van der Waals surface area contributed by atoms with Gasteiger partial charge in [0.2, 0.25) is 0 Å². The first-order valence-corrected chi connectivity index (χ1v) is 7.71. The van der Waals surface area contributed by atoms with E-state index in [0.29, 0.717) is 22.4 Å². The Morgan fingerprint density at radius 3 is 2.55 bits per heavy atom. The molecule has 2 nitrogen and oxygen atoms in total. The quantitative estimate of drug-likeness (QED) is 0.777. The molecule has 0 aromatic heterocycles. The molecule has 2 N–H and O–H groups in total. The number of hydrogen-bond acceptors (Lipinski definition) is 2. The van der Waals surface area contributed by atoms with Gasteiger partial charge in [0.05, 0.1) is 4.47 Å². The Balaban J connectivity index is 2.34. The molecule has 0 heterocycles. The van der Waals surface area contributed by atoms with Crippen LogP contribution < -0.4 is 10.5 Å². The Labute approximate surface area is 134 Å². The highest BCUT2D eigenvalue weighted by atomic mass is 79.9. The zero-order chi connectivity index (χ0) is 14.7. The highest BCUT2D eigenvalue weighted by Gasteiger charge is 2.10. The molecule has 0 fully saturated rings. The Bertz CT molecular complexity index is 617. The average molecular weight is 403 g/mol. The third-order valence-corrected chi connectivity index (χ3v) is 3.80. The molecular formula is C15H14Br2FNO. The zero-order valence-corrected chi connectivity index (χ0v) is 14.0. The van der Waals surface area contributed by atoms with Gasteiger partial charge in [0.15, 0.2) is 0 Å². The molecule has 0 bridgehead atoms. The summed E-state index contributed by atoms with van der Waals surface area (Å²) >= 11 is 6.72. The minimum atomic E-state index is -0.311. The fraction of sp³-hybridized carbons (Fsp3) is 0.200. The van der Waals surface area contributed by atoms with E-state index in [1.165, 1.54) is 12.1 Å². The zero-order valence-electron chi connectivity index (χ0n) is 10.9. The molecule has 5 heteroatoms. The van der Waals surface area contributed by atoms with E-state index in [9.17, 15) is 4.39 Å². The second-order valence-corrected chi connectivity index (χ2v) is 6.38. The van der Waals surface area contributed by atoms with E-state index < -0.39 is 0 Å². The van der Waals surface area contributed by atoms with Gasteiger partial charge in [-0.05, 0) is 65.2 Å². The van der Waals surface area contributed by atoms with Crippen molar-refractivity contribution in [3.8, 4) is 11.5 Å². The largest absolute Gasteiger partial charge is 0.456 e. The summed E-state index contributed by atoms with van der Waals surface area (Å²) in [7, 11) is 0. The van der Waals surface area contributed by atoms with Crippen LogP contribution in [-0.2, 0) is 6.42 Å². The average Bonchev–Trinajstić information content (AvgIpc) is 2.35. The highest BCUT2D eigenvalue weighted by molar-refractivity contribution is 9.10. The van der Waals surface area contributed by atoms with Crippen LogP contribution in [0.25, 0.3) is 0 Å². The molecule has 0 aliphatic heterocycles. The maximum Gasteiger partial charge on any atom is 0.141 e. The van der Waals surface area contributed by atoms with E-state index in [4.69, 9.17) is 10.5 Å². The van der Waals surface area contributed by atoms with Crippen molar-refractivity contribution >= 4 is 31.9 Å². The van der Waals surface area contributed by atoms with Crippen LogP contribution in [0, 0.1) is 5.82 Å². The fourth-order valence-electron chi connectivity index (χ4n) is 1.82. The number of hydrogen-bond donors (Lipinski definition) is 1. The van der Waals surface area contributed by atoms with Crippen LogP contribution in [-0.4, -0.2) is 6.04 Å². The molecule has 20 heavy (non-hydrogen) atoms. The summed E-state index contributed by atoms with van der Waals surface area (Å²) in [4.78, 5) is 0. The number of ether oxygens (including phenoxy) is 1. The second kappa shape index (κ2) is 6.70. The van der Waals surface area contributed by atoms with Crippen LogP contribution in [0.4, 0.5) is 4.39 Å². The lowest BCUT2D eigenvalue weighted by Gasteiger charge is -2.14. The molecule has 106 valence electrons. The van der Waals surface area contributed by atoms with Crippen LogP contribution in [0.5, 0.6) is 11.5 Å². The SMILES string of the molecule is CC(N)Cc1ccc(Br)cc1Oc1ccc(F)cc1Br. The van der Waals surface area contributed by atoms with Gasteiger partial charge < -0.3 is 10.5 Å². The topological polar surface area (TPSA) is 35.2 Å². The molecule has 2 aromatic rings. The highest BCUT2D eigenvalue weighted by Crippen LogP contribution is 2.33. The second-order valence-electron chi connectivity index (χ2n) is 4.61. The van der Waals surface area contributed by atoms with Crippen molar-refractivity contribution < 1.29 is 9.13 Å². The minimum absolute atomic E-state index is 0.0372. The van der Waals surface area contributed by atoms with Gasteiger partial charge in [-0.1, -0.05) is 22.0 Å². The van der Waals surface area contributed by atoms with Crippen molar-refractivity contribution in [1.29, 1.82) is 0 Å².